The molecule has 0 aromatic carbocycles. The lowest BCUT2D eigenvalue weighted by Crippen LogP contribution is -2.29. The fourth-order valence-electron chi connectivity index (χ4n) is 1.34. The van der Waals surface area contributed by atoms with Crippen LogP contribution in [0.5, 0.6) is 0 Å². The Morgan fingerprint density at radius 3 is 2.83 bits per heavy atom. The Morgan fingerprint density at radius 2 is 2.22 bits per heavy atom. The van der Waals surface area contributed by atoms with Crippen molar-refractivity contribution in [3.8, 4) is 0 Å². The number of H-pyrrole nitrogens is 1. The molecular formula is C9H10FN5O2S. The molecule has 0 aliphatic carbocycles. The Bertz CT molecular complexity index is 628. The minimum Gasteiger partial charge on any atom is -0.262 e. The summed E-state index contributed by atoms with van der Waals surface area (Å²) in [5, 5.41) is 5.48. The maximum absolute atomic E-state index is 13.4. The van der Waals surface area contributed by atoms with Crippen LogP contribution in [0.4, 0.5) is 4.39 Å². The Kier molecular flexibility index (Phi) is 3.34. The normalized spacial score (nSPS) is 13.4. The van der Waals surface area contributed by atoms with Crippen molar-refractivity contribution in [3.63, 3.8) is 0 Å². The minimum absolute atomic E-state index is 0.329. The third kappa shape index (κ3) is 2.51. The number of nitrogens with one attached hydrogen (secondary N) is 2. The SMILES string of the molecule is CC(NS(=O)(=O)c1ncccc1F)c1ncn[nH]1. The first-order valence-electron chi connectivity index (χ1n) is 4.99. The van der Waals surface area contributed by atoms with E-state index in [1.54, 1.807) is 6.92 Å². The summed E-state index contributed by atoms with van der Waals surface area (Å²) in [4.78, 5) is 7.32. The molecule has 96 valence electrons. The van der Waals surface area contributed by atoms with Gasteiger partial charge >= 0.3 is 0 Å². The topological polar surface area (TPSA) is 101 Å². The predicted molar refractivity (Wildman–Crippen MR) is 59.3 cm³/mol. The van der Waals surface area contributed by atoms with Crippen LogP contribution in [0.25, 0.3) is 0 Å². The smallest absolute Gasteiger partial charge is 0.261 e. The summed E-state index contributed by atoms with van der Waals surface area (Å²) >= 11 is 0. The largest absolute Gasteiger partial charge is 0.262 e. The third-order valence-electron chi connectivity index (χ3n) is 2.15. The number of sulfonamides is 1. The highest BCUT2D eigenvalue weighted by atomic mass is 32.2. The van der Waals surface area contributed by atoms with E-state index < -0.39 is 26.9 Å². The van der Waals surface area contributed by atoms with Gasteiger partial charge in [0, 0.05) is 6.20 Å². The van der Waals surface area contributed by atoms with E-state index in [1.165, 1.54) is 18.6 Å². The van der Waals surface area contributed by atoms with Crippen LogP contribution >= 0.6 is 0 Å². The van der Waals surface area contributed by atoms with Gasteiger partial charge in [0.25, 0.3) is 10.0 Å². The molecule has 0 bridgehead atoms. The van der Waals surface area contributed by atoms with Crippen LogP contribution in [0, 0.1) is 5.82 Å². The zero-order valence-corrected chi connectivity index (χ0v) is 10.1. The number of hydrogen-bond acceptors (Lipinski definition) is 5. The molecule has 2 aromatic heterocycles. The summed E-state index contributed by atoms with van der Waals surface area (Å²) in [7, 11) is -4.04. The number of hydrogen-bond donors (Lipinski definition) is 2. The number of aromatic nitrogens is 4. The fourth-order valence-corrected chi connectivity index (χ4v) is 2.55. The first-order valence-corrected chi connectivity index (χ1v) is 6.47. The van der Waals surface area contributed by atoms with Crippen LogP contribution in [0.2, 0.25) is 0 Å². The van der Waals surface area contributed by atoms with E-state index in [4.69, 9.17) is 0 Å². The Hall–Kier alpha value is -1.87. The summed E-state index contributed by atoms with van der Waals surface area (Å²) in [6.45, 7) is 1.55. The van der Waals surface area contributed by atoms with Crippen molar-refractivity contribution in [1.82, 2.24) is 24.9 Å². The molecule has 2 N–H and O–H groups in total. The highest BCUT2D eigenvalue weighted by Crippen LogP contribution is 2.14. The van der Waals surface area contributed by atoms with Crippen molar-refractivity contribution in [2.75, 3.05) is 0 Å². The molecule has 2 heterocycles. The highest BCUT2D eigenvalue weighted by Gasteiger charge is 2.24. The number of rotatable bonds is 4. The number of pyridine rings is 1. The number of aromatic amines is 1. The van der Waals surface area contributed by atoms with Crippen molar-refractivity contribution < 1.29 is 12.8 Å². The standard InChI is InChI=1S/C9H10FN5O2S/c1-6(8-12-5-13-14-8)15-18(16,17)9-7(10)3-2-4-11-9/h2-6,15H,1H3,(H,12,13,14). The van der Waals surface area contributed by atoms with Gasteiger partial charge in [-0.2, -0.15) is 9.82 Å². The van der Waals surface area contributed by atoms with Crippen molar-refractivity contribution in [2.45, 2.75) is 18.0 Å². The van der Waals surface area contributed by atoms with E-state index in [0.29, 0.717) is 5.82 Å². The molecule has 0 aliphatic heterocycles. The van der Waals surface area contributed by atoms with Gasteiger partial charge in [0.2, 0.25) is 5.03 Å². The quantitative estimate of drug-likeness (QED) is 0.837. The first-order chi connectivity index (χ1) is 8.50. The van der Waals surface area contributed by atoms with Gasteiger partial charge in [-0.1, -0.05) is 0 Å². The molecule has 9 heteroatoms. The van der Waals surface area contributed by atoms with Gasteiger partial charge in [-0.3, -0.25) is 5.10 Å². The summed E-state index contributed by atoms with van der Waals surface area (Å²) in [6, 6.07) is 1.67. The summed E-state index contributed by atoms with van der Waals surface area (Å²) < 4.78 is 39.4. The Balaban J connectivity index is 2.26. The number of halogens is 1. The second-order valence-corrected chi connectivity index (χ2v) is 5.13. The van der Waals surface area contributed by atoms with E-state index in [-0.39, 0.29) is 0 Å². The molecule has 0 saturated heterocycles. The van der Waals surface area contributed by atoms with Gasteiger partial charge in [0.15, 0.2) is 5.82 Å². The fraction of sp³-hybridized carbons (Fsp3) is 0.222. The van der Waals surface area contributed by atoms with E-state index in [1.807, 2.05) is 0 Å². The maximum atomic E-state index is 13.4. The molecule has 18 heavy (non-hydrogen) atoms. The van der Waals surface area contributed by atoms with Gasteiger partial charge < -0.3 is 0 Å². The van der Waals surface area contributed by atoms with E-state index >= 15 is 0 Å². The molecule has 0 fully saturated rings. The monoisotopic (exact) mass is 271 g/mol. The lowest BCUT2D eigenvalue weighted by molar-refractivity contribution is 0.532. The van der Waals surface area contributed by atoms with Crippen LogP contribution < -0.4 is 4.72 Å². The van der Waals surface area contributed by atoms with Crippen LogP contribution in [0.1, 0.15) is 18.8 Å². The maximum Gasteiger partial charge on any atom is 0.261 e. The predicted octanol–water partition coefficient (Wildman–Crippen LogP) is 0.378. The van der Waals surface area contributed by atoms with Crippen molar-refractivity contribution in [2.24, 2.45) is 0 Å². The lowest BCUT2D eigenvalue weighted by atomic mass is 10.3. The second-order valence-electron chi connectivity index (χ2n) is 3.50. The first kappa shape index (κ1) is 12.6. The van der Waals surface area contributed by atoms with Crippen molar-refractivity contribution in [1.29, 1.82) is 0 Å². The zero-order valence-electron chi connectivity index (χ0n) is 9.33. The summed E-state index contributed by atoms with van der Waals surface area (Å²) in [6.07, 6.45) is 2.46. The van der Waals surface area contributed by atoms with Crippen LogP contribution in [-0.4, -0.2) is 28.6 Å². The molecule has 0 amide bonds. The molecule has 0 saturated carbocycles. The molecule has 1 unspecified atom stereocenters. The molecule has 2 aromatic rings. The minimum atomic E-state index is -4.04. The van der Waals surface area contributed by atoms with Crippen LogP contribution in [0.3, 0.4) is 0 Å². The number of nitrogens with zero attached hydrogens (tertiary/aromatic N) is 3. The molecular weight excluding hydrogens is 261 g/mol. The van der Waals surface area contributed by atoms with E-state index in [9.17, 15) is 12.8 Å². The van der Waals surface area contributed by atoms with Crippen molar-refractivity contribution >= 4 is 10.0 Å². The summed E-state index contributed by atoms with van der Waals surface area (Å²) in [5.41, 5.74) is 0. The molecule has 0 spiro atoms. The third-order valence-corrected chi connectivity index (χ3v) is 3.63. The van der Waals surface area contributed by atoms with Gasteiger partial charge in [-0.05, 0) is 19.1 Å². The molecule has 7 nitrogen and oxygen atoms in total. The lowest BCUT2D eigenvalue weighted by Gasteiger charge is -2.11. The van der Waals surface area contributed by atoms with E-state index in [2.05, 4.69) is 24.9 Å². The average Bonchev–Trinajstić information content (AvgIpc) is 2.82. The Morgan fingerprint density at radius 1 is 1.44 bits per heavy atom. The van der Waals surface area contributed by atoms with E-state index in [0.717, 1.165) is 6.07 Å². The second kappa shape index (κ2) is 4.78. The van der Waals surface area contributed by atoms with Crippen LogP contribution in [0.15, 0.2) is 29.7 Å². The molecule has 2 rings (SSSR count). The molecule has 0 aliphatic rings. The Labute approximate surface area is 103 Å². The zero-order chi connectivity index (χ0) is 13.2. The highest BCUT2D eigenvalue weighted by molar-refractivity contribution is 7.89. The van der Waals surface area contributed by atoms with Crippen molar-refractivity contribution in [3.05, 3.63) is 36.3 Å². The summed E-state index contributed by atoms with van der Waals surface area (Å²) in [5.74, 6) is -0.579. The van der Waals surface area contributed by atoms with Gasteiger partial charge in [0.05, 0.1) is 6.04 Å². The molecule has 1 atom stereocenters. The molecule has 0 radical (unpaired) electrons. The average molecular weight is 271 g/mol. The van der Waals surface area contributed by atoms with Gasteiger partial charge in [0.1, 0.15) is 12.2 Å². The van der Waals surface area contributed by atoms with Gasteiger partial charge in [-0.15, -0.1) is 0 Å². The van der Waals surface area contributed by atoms with Gasteiger partial charge in [-0.25, -0.2) is 22.8 Å². The van der Waals surface area contributed by atoms with Crippen LogP contribution in [-0.2, 0) is 10.0 Å².